The van der Waals surface area contributed by atoms with Crippen LogP contribution in [0.25, 0.3) is 0 Å². The first-order valence-electron chi connectivity index (χ1n) is 15.5. The molecule has 4 rings (SSSR count). The van der Waals surface area contributed by atoms with Crippen molar-refractivity contribution in [2.75, 3.05) is 51.7 Å². The average molecular weight is 588 g/mol. The SMILES string of the molecule is CCNC(CC)c1ccc(P(CCOCC[P+]2=C3C=CC=CC2=CCC(CN(CC)CC)=C3)c2ccccc2)cc1. The minimum atomic E-state index is -0.455. The van der Waals surface area contributed by atoms with Gasteiger partial charge in [0.1, 0.15) is 24.3 Å². The number of hydrogen-bond donors (Lipinski definition) is 1. The van der Waals surface area contributed by atoms with Crippen LogP contribution >= 0.6 is 15.5 Å². The molecule has 0 aromatic heterocycles. The summed E-state index contributed by atoms with van der Waals surface area (Å²) in [7, 11) is -0.829. The van der Waals surface area contributed by atoms with Gasteiger partial charge in [0.05, 0.1) is 13.2 Å². The van der Waals surface area contributed by atoms with E-state index in [9.17, 15) is 0 Å². The van der Waals surface area contributed by atoms with E-state index in [1.165, 1.54) is 32.4 Å². The van der Waals surface area contributed by atoms with Crippen LogP contribution in [-0.4, -0.2) is 61.9 Å². The van der Waals surface area contributed by atoms with Gasteiger partial charge in [0.15, 0.2) is 0 Å². The van der Waals surface area contributed by atoms with Gasteiger partial charge in [0.25, 0.3) is 0 Å². The Kier molecular flexibility index (Phi) is 13.3. The largest absolute Gasteiger partial charge is 0.377 e. The second kappa shape index (κ2) is 17.1. The van der Waals surface area contributed by atoms with Gasteiger partial charge in [-0.2, -0.15) is 0 Å². The van der Waals surface area contributed by atoms with Crippen LogP contribution in [0.5, 0.6) is 0 Å². The third kappa shape index (κ3) is 9.18. The molecule has 2 bridgehead atoms. The minimum Gasteiger partial charge on any atom is -0.377 e. The van der Waals surface area contributed by atoms with Crippen LogP contribution < -0.4 is 15.9 Å². The summed E-state index contributed by atoms with van der Waals surface area (Å²) in [5, 5.41) is 9.47. The molecular weight excluding hydrogens is 538 g/mol. The standard InChI is InChI=1S/C36H49N2OP2/c1-5-36(37-6-2)31-19-22-34(23-20-31)40(32-14-10-9-11-15-32)26-24-39-25-27-41-33-16-12-13-17-35(41)28-30(18-21-33)29-38(7-3)8-4/h9-17,19-23,28,36-37H,5-8,18,24-27,29H2,1-4H3/q+1. The number of allylic oxidation sites excluding steroid dienone is 7. The predicted octanol–water partition coefficient (Wildman–Crippen LogP) is 7.53. The summed E-state index contributed by atoms with van der Waals surface area (Å²) in [5.74, 6) is 0. The van der Waals surface area contributed by atoms with Crippen LogP contribution in [0.15, 0.2) is 102 Å². The fraction of sp³-hybridized carbons (Fsp3) is 0.417. The van der Waals surface area contributed by atoms with Gasteiger partial charge in [0.2, 0.25) is 0 Å². The van der Waals surface area contributed by atoms with E-state index in [1.54, 1.807) is 0 Å². The van der Waals surface area contributed by atoms with Gasteiger partial charge in [-0.1, -0.05) is 94.4 Å². The fourth-order valence-electron chi connectivity index (χ4n) is 5.61. The van der Waals surface area contributed by atoms with E-state index in [1.807, 2.05) is 0 Å². The molecule has 2 aliphatic rings. The van der Waals surface area contributed by atoms with Crippen molar-refractivity contribution in [1.29, 1.82) is 0 Å². The Labute approximate surface area is 251 Å². The number of likely N-dealkylation sites (N-methyl/N-ethyl adjacent to an activating group) is 1. The molecule has 0 spiro atoms. The first kappa shape index (κ1) is 31.8. The van der Waals surface area contributed by atoms with Crippen LogP contribution in [0.4, 0.5) is 0 Å². The number of benzene rings is 2. The molecule has 5 heteroatoms. The van der Waals surface area contributed by atoms with Crippen LogP contribution in [0.3, 0.4) is 0 Å². The highest BCUT2D eigenvalue weighted by molar-refractivity contribution is 7.73. The van der Waals surface area contributed by atoms with Gasteiger partial charge in [-0.3, -0.25) is 4.90 Å². The molecule has 3 unspecified atom stereocenters. The molecule has 2 aromatic carbocycles. The van der Waals surface area contributed by atoms with Crippen molar-refractivity contribution in [2.45, 2.75) is 46.6 Å². The summed E-state index contributed by atoms with van der Waals surface area (Å²) in [5.41, 5.74) is 2.91. The zero-order valence-electron chi connectivity index (χ0n) is 25.6. The second-order valence-electron chi connectivity index (χ2n) is 10.6. The number of nitrogens with one attached hydrogen (secondary N) is 1. The maximum absolute atomic E-state index is 6.40. The highest BCUT2D eigenvalue weighted by Gasteiger charge is 2.25. The molecule has 3 atom stereocenters. The summed E-state index contributed by atoms with van der Waals surface area (Å²) in [6.45, 7) is 14.8. The molecule has 0 saturated carbocycles. The van der Waals surface area contributed by atoms with Crippen LogP contribution in [-0.2, 0) is 4.74 Å². The molecule has 41 heavy (non-hydrogen) atoms. The molecule has 218 valence electrons. The van der Waals surface area contributed by atoms with Gasteiger partial charge in [-0.25, -0.2) is 0 Å². The Morgan fingerprint density at radius 3 is 2.34 bits per heavy atom. The number of fused-ring (bicyclic) bond motifs is 1. The summed E-state index contributed by atoms with van der Waals surface area (Å²) >= 11 is 0. The fourth-order valence-corrected chi connectivity index (χ4v) is 10.1. The molecule has 0 radical (unpaired) electrons. The molecule has 2 heterocycles. The van der Waals surface area contributed by atoms with E-state index in [-0.39, 0.29) is 7.55 Å². The van der Waals surface area contributed by atoms with Crippen LogP contribution in [0, 0.1) is 0 Å². The lowest BCUT2D eigenvalue weighted by molar-refractivity contribution is 0.166. The number of nitrogens with zero attached hydrogens (tertiary/aromatic N) is 1. The lowest BCUT2D eigenvalue weighted by Gasteiger charge is -2.21. The number of hydrogen-bond acceptors (Lipinski definition) is 3. The molecule has 1 N–H and O–H groups in total. The molecule has 2 aliphatic heterocycles. The quantitative estimate of drug-likeness (QED) is 0.162. The van der Waals surface area contributed by atoms with E-state index in [4.69, 9.17) is 4.74 Å². The van der Waals surface area contributed by atoms with Crippen molar-refractivity contribution >= 4 is 31.4 Å². The van der Waals surface area contributed by atoms with E-state index >= 15 is 0 Å². The van der Waals surface area contributed by atoms with Crippen molar-refractivity contribution in [2.24, 2.45) is 0 Å². The van der Waals surface area contributed by atoms with Crippen molar-refractivity contribution < 1.29 is 4.74 Å². The molecule has 0 amide bonds. The monoisotopic (exact) mass is 587 g/mol. The Morgan fingerprint density at radius 1 is 0.902 bits per heavy atom. The molecule has 0 saturated heterocycles. The Hall–Kier alpha value is -2.12. The van der Waals surface area contributed by atoms with Gasteiger partial charge >= 0.3 is 0 Å². The third-order valence-electron chi connectivity index (χ3n) is 7.97. The predicted molar refractivity (Wildman–Crippen MR) is 185 cm³/mol. The smallest absolute Gasteiger partial charge is 0.149 e. The minimum absolute atomic E-state index is 0.374. The van der Waals surface area contributed by atoms with Crippen molar-refractivity contribution in [3.8, 4) is 0 Å². The van der Waals surface area contributed by atoms with E-state index in [0.29, 0.717) is 6.04 Å². The number of ether oxygens (including phenoxy) is 1. The molecule has 2 aromatic rings. The van der Waals surface area contributed by atoms with Crippen LogP contribution in [0.2, 0.25) is 0 Å². The average Bonchev–Trinajstić information content (AvgIpc) is 3.31. The highest BCUT2D eigenvalue weighted by atomic mass is 31.1. The van der Waals surface area contributed by atoms with Crippen LogP contribution in [0.1, 0.15) is 52.1 Å². The van der Waals surface area contributed by atoms with E-state index in [0.717, 1.165) is 64.6 Å². The summed E-state index contributed by atoms with van der Waals surface area (Å²) in [4.78, 5) is 2.52. The number of rotatable bonds is 16. The molecule has 0 aliphatic carbocycles. The van der Waals surface area contributed by atoms with Crippen molar-refractivity contribution in [1.82, 2.24) is 10.2 Å². The first-order chi connectivity index (χ1) is 20.2. The van der Waals surface area contributed by atoms with Crippen molar-refractivity contribution in [3.05, 3.63) is 108 Å². The Bertz CT molecular complexity index is 1240. The summed E-state index contributed by atoms with van der Waals surface area (Å²) in [6.07, 6.45) is 18.4. The van der Waals surface area contributed by atoms with Gasteiger partial charge in [0, 0.05) is 12.6 Å². The molecular formula is C36H49N2OP2+. The maximum Gasteiger partial charge on any atom is 0.149 e. The lowest BCUT2D eigenvalue weighted by atomic mass is 10.0. The van der Waals surface area contributed by atoms with Gasteiger partial charge in [-0.15, -0.1) is 0 Å². The Morgan fingerprint density at radius 2 is 1.63 bits per heavy atom. The third-order valence-corrected chi connectivity index (χ3v) is 12.9. The van der Waals surface area contributed by atoms with E-state index in [2.05, 4.69) is 129 Å². The first-order valence-corrected chi connectivity index (χ1v) is 18.6. The topological polar surface area (TPSA) is 24.5 Å². The lowest BCUT2D eigenvalue weighted by Crippen LogP contribution is -2.25. The molecule has 3 nitrogen and oxygen atoms in total. The van der Waals surface area contributed by atoms with Gasteiger partial charge in [-0.05, 0) is 92.6 Å². The molecule has 0 fully saturated rings. The zero-order valence-corrected chi connectivity index (χ0v) is 27.3. The van der Waals surface area contributed by atoms with Gasteiger partial charge < -0.3 is 10.1 Å². The Balaban J connectivity index is 1.41. The second-order valence-corrected chi connectivity index (χ2v) is 15.3. The normalized spacial score (nSPS) is 17.2. The zero-order chi connectivity index (χ0) is 28.9. The highest BCUT2D eigenvalue weighted by Crippen LogP contribution is 2.41. The van der Waals surface area contributed by atoms with Crippen molar-refractivity contribution in [3.63, 3.8) is 0 Å². The summed E-state index contributed by atoms with van der Waals surface area (Å²) in [6, 6.07) is 20.8. The maximum atomic E-state index is 6.40. The van der Waals surface area contributed by atoms with E-state index < -0.39 is 7.92 Å². The summed E-state index contributed by atoms with van der Waals surface area (Å²) < 4.78 is 6.40.